The van der Waals surface area contributed by atoms with Crippen molar-refractivity contribution in [3.63, 3.8) is 0 Å². The molecule has 3 aromatic rings. The van der Waals surface area contributed by atoms with E-state index in [1.165, 1.54) is 29.7 Å². The topological polar surface area (TPSA) is 144 Å². The molecule has 1 saturated heterocycles. The van der Waals surface area contributed by atoms with Gasteiger partial charge in [0.2, 0.25) is 11.0 Å². The van der Waals surface area contributed by atoms with E-state index in [1.807, 2.05) is 6.07 Å². The maximum absolute atomic E-state index is 12.9. The molecule has 43 heavy (non-hydrogen) atoms. The Hall–Kier alpha value is -3.46. The fraction of sp³-hybridized carbons (Fsp3) is 0.500. The molecule has 232 valence electrons. The molecule has 0 bridgehead atoms. The number of ether oxygens (including phenoxy) is 2. The van der Waals surface area contributed by atoms with E-state index >= 15 is 0 Å². The average Bonchev–Trinajstić information content (AvgIpc) is 3.68. The molecule has 13 nitrogen and oxygen atoms in total. The normalized spacial score (nSPS) is 16.3. The van der Waals surface area contributed by atoms with Gasteiger partial charge in [0.25, 0.3) is 9.84 Å². The maximum atomic E-state index is 12.9. The van der Waals surface area contributed by atoms with Crippen molar-refractivity contribution in [2.24, 2.45) is 7.05 Å². The van der Waals surface area contributed by atoms with Gasteiger partial charge in [0.15, 0.2) is 5.82 Å². The molecule has 0 amide bonds. The summed E-state index contributed by atoms with van der Waals surface area (Å²) in [6, 6.07) is 4.12. The summed E-state index contributed by atoms with van der Waals surface area (Å²) >= 11 is 6.39. The second kappa shape index (κ2) is 12.6. The van der Waals surface area contributed by atoms with Gasteiger partial charge in [-0.25, -0.2) is 18.2 Å². The van der Waals surface area contributed by atoms with Crippen LogP contribution in [-0.2, 0) is 28.2 Å². The van der Waals surface area contributed by atoms with Gasteiger partial charge in [0.1, 0.15) is 10.8 Å². The van der Waals surface area contributed by atoms with E-state index in [0.717, 1.165) is 56.9 Å². The van der Waals surface area contributed by atoms with Crippen molar-refractivity contribution in [1.82, 2.24) is 29.5 Å². The molecular weight excluding hydrogens is 596 g/mol. The van der Waals surface area contributed by atoms with Crippen LogP contribution in [0.1, 0.15) is 37.8 Å². The van der Waals surface area contributed by atoms with Crippen LogP contribution in [0.3, 0.4) is 0 Å². The van der Waals surface area contributed by atoms with Gasteiger partial charge in [0.05, 0.1) is 29.8 Å². The lowest BCUT2D eigenvalue weighted by Crippen LogP contribution is -2.43. The Labute approximate surface area is 256 Å². The molecule has 2 aromatic heterocycles. The molecule has 15 heteroatoms. The molecule has 2 fully saturated rings. The summed E-state index contributed by atoms with van der Waals surface area (Å²) in [6.45, 7) is 10.2. The molecule has 1 aromatic carbocycles. The van der Waals surface area contributed by atoms with Crippen LogP contribution in [0.2, 0.25) is 5.02 Å². The summed E-state index contributed by atoms with van der Waals surface area (Å²) in [5.41, 5.74) is 3.03. The van der Waals surface area contributed by atoms with Crippen molar-refractivity contribution in [1.29, 1.82) is 0 Å². The zero-order valence-corrected chi connectivity index (χ0v) is 26.5. The summed E-state index contributed by atoms with van der Waals surface area (Å²) in [6.07, 6.45) is 4.38. The molecule has 1 aliphatic carbocycles. The van der Waals surface area contributed by atoms with Gasteiger partial charge in [-0.2, -0.15) is 10.1 Å². The average molecular weight is 633 g/mol. The number of likely N-dealkylation sites (N-methyl/N-ethyl adjacent to an activating group) is 1. The molecule has 0 radical (unpaired) electrons. The van der Waals surface area contributed by atoms with E-state index < -0.39 is 26.3 Å². The van der Waals surface area contributed by atoms with Gasteiger partial charge in [-0.05, 0) is 63.9 Å². The summed E-state index contributed by atoms with van der Waals surface area (Å²) in [5.74, 6) is 1.05. The molecule has 2 aliphatic rings. The highest BCUT2D eigenvalue weighted by Gasteiger charge is 2.34. The first-order valence-electron chi connectivity index (χ1n) is 14.2. The van der Waals surface area contributed by atoms with Crippen LogP contribution in [-0.4, -0.2) is 88.7 Å². The van der Waals surface area contributed by atoms with Gasteiger partial charge >= 0.3 is 5.30 Å². The Morgan fingerprint density at radius 3 is 2.51 bits per heavy atom. The van der Waals surface area contributed by atoms with Crippen LogP contribution < -0.4 is 15.4 Å². The number of benzene rings is 1. The van der Waals surface area contributed by atoms with Crippen molar-refractivity contribution in [3.8, 4) is 5.75 Å². The third-order valence-electron chi connectivity index (χ3n) is 7.09. The second-order valence-electron chi connectivity index (χ2n) is 11.3. The number of piperazine rings is 1. The van der Waals surface area contributed by atoms with Crippen molar-refractivity contribution < 1.29 is 22.7 Å². The fourth-order valence-corrected chi connectivity index (χ4v) is 5.80. The largest absolute Gasteiger partial charge is 0.488 e. The zero-order chi connectivity index (χ0) is 30.9. The van der Waals surface area contributed by atoms with Gasteiger partial charge in [-0.15, -0.1) is 0 Å². The zero-order valence-electron chi connectivity index (χ0n) is 24.9. The number of aryl methyl sites for hydroxylation is 2. The van der Waals surface area contributed by atoms with E-state index in [4.69, 9.17) is 21.1 Å². The first-order chi connectivity index (χ1) is 20.4. The number of halogens is 1. The Balaban J connectivity index is 1.39. The number of carbonyl (C=O) groups excluding carboxylic acids is 1. The summed E-state index contributed by atoms with van der Waals surface area (Å²) in [7, 11) is -0.873. The van der Waals surface area contributed by atoms with Crippen molar-refractivity contribution >= 4 is 49.9 Å². The van der Waals surface area contributed by atoms with Gasteiger partial charge in [-0.3, -0.25) is 9.58 Å². The van der Waals surface area contributed by atoms with Crippen LogP contribution >= 0.6 is 11.6 Å². The number of anilines is 4. The van der Waals surface area contributed by atoms with Crippen LogP contribution in [0.25, 0.3) is 0 Å². The van der Waals surface area contributed by atoms with E-state index in [-0.39, 0.29) is 28.6 Å². The molecule has 3 heterocycles. The molecule has 1 aliphatic heterocycles. The lowest BCUT2D eigenvalue weighted by molar-refractivity contribution is 0.140. The van der Waals surface area contributed by atoms with Crippen molar-refractivity contribution in [3.05, 3.63) is 40.7 Å². The first-order valence-corrected chi connectivity index (χ1v) is 16.0. The van der Waals surface area contributed by atoms with E-state index in [2.05, 4.69) is 55.5 Å². The standard InChI is InChI=1S/C28H37ClN8O5S/c1-17(2)41-28(38)43(39,40)26-23(16-36(5)34-26)31-25-21(29)14-30-27(33-25)32-22-12-18(3)19(13-24(22)42-20-6-7-20)15-37-10-8-35(4)9-11-37/h12-14,16-17,20H,6-11,15H2,1-5H3,(H2,30,31,32,33). The third kappa shape index (κ3) is 7.55. The molecular formula is C28H37ClN8O5S. The van der Waals surface area contributed by atoms with Gasteiger partial charge in [0, 0.05) is 46.0 Å². The lowest BCUT2D eigenvalue weighted by Gasteiger charge is -2.32. The highest BCUT2D eigenvalue weighted by molar-refractivity contribution is 8.05. The summed E-state index contributed by atoms with van der Waals surface area (Å²) in [4.78, 5) is 25.9. The molecule has 1 saturated carbocycles. The maximum Gasteiger partial charge on any atom is 0.431 e. The first kappa shape index (κ1) is 31.0. The summed E-state index contributed by atoms with van der Waals surface area (Å²) in [5, 5.41) is 8.36. The highest BCUT2D eigenvalue weighted by Crippen LogP contribution is 2.37. The number of nitrogens with zero attached hydrogens (tertiary/aromatic N) is 6. The van der Waals surface area contributed by atoms with Gasteiger partial charge < -0.3 is 25.0 Å². The van der Waals surface area contributed by atoms with E-state index in [0.29, 0.717) is 5.69 Å². The molecule has 0 unspecified atom stereocenters. The lowest BCUT2D eigenvalue weighted by atomic mass is 10.1. The Morgan fingerprint density at radius 2 is 1.84 bits per heavy atom. The Morgan fingerprint density at radius 1 is 1.12 bits per heavy atom. The minimum absolute atomic E-state index is 0.0108. The number of hydrogen-bond acceptors (Lipinski definition) is 12. The van der Waals surface area contributed by atoms with E-state index in [9.17, 15) is 13.2 Å². The number of nitrogens with one attached hydrogen (secondary N) is 2. The summed E-state index contributed by atoms with van der Waals surface area (Å²) < 4.78 is 38.3. The Bertz CT molecular complexity index is 1600. The number of aromatic nitrogens is 4. The van der Waals surface area contributed by atoms with E-state index in [1.54, 1.807) is 13.8 Å². The third-order valence-corrected chi connectivity index (χ3v) is 8.71. The second-order valence-corrected chi connectivity index (χ2v) is 13.4. The quantitative estimate of drug-likeness (QED) is 0.308. The molecule has 0 atom stereocenters. The van der Waals surface area contributed by atoms with Gasteiger partial charge in [-0.1, -0.05) is 11.6 Å². The number of hydrogen-bond donors (Lipinski definition) is 2. The highest BCUT2D eigenvalue weighted by atomic mass is 35.5. The molecule has 0 spiro atoms. The van der Waals surface area contributed by atoms with Crippen molar-refractivity contribution in [2.45, 2.75) is 57.4 Å². The predicted molar refractivity (Wildman–Crippen MR) is 163 cm³/mol. The van der Waals surface area contributed by atoms with Crippen LogP contribution in [0.5, 0.6) is 5.75 Å². The fourth-order valence-electron chi connectivity index (χ4n) is 4.56. The predicted octanol–water partition coefficient (Wildman–Crippen LogP) is 4.27. The minimum atomic E-state index is -4.55. The number of rotatable bonds is 10. The minimum Gasteiger partial charge on any atom is -0.488 e. The monoisotopic (exact) mass is 632 g/mol. The van der Waals surface area contributed by atoms with Crippen LogP contribution in [0, 0.1) is 6.92 Å². The number of sulfone groups is 1. The van der Waals surface area contributed by atoms with Crippen LogP contribution in [0.15, 0.2) is 29.6 Å². The molecule has 5 rings (SSSR count). The number of carbonyl (C=O) groups is 1. The SMILES string of the molecule is Cc1cc(Nc2ncc(Cl)c(Nc3cn(C)nc3S(=O)(=O)C(=O)OC(C)C)n2)c(OC2CC2)cc1CN1CCN(C)CC1. The molecule has 2 N–H and O–H groups in total. The Kier molecular flexibility index (Phi) is 9.11. The van der Waals surface area contributed by atoms with Crippen molar-refractivity contribution in [2.75, 3.05) is 43.9 Å². The van der Waals surface area contributed by atoms with Crippen LogP contribution in [0.4, 0.5) is 27.9 Å². The smallest absolute Gasteiger partial charge is 0.431 e.